The molecule has 0 saturated carbocycles. The number of thioether (sulfide) groups is 1. The topological polar surface area (TPSA) is 55.1 Å². The highest BCUT2D eigenvalue weighted by atomic mass is 32.2. The van der Waals surface area contributed by atoms with Crippen molar-refractivity contribution in [1.82, 2.24) is 5.32 Å². The molecule has 1 fully saturated rings. The van der Waals surface area contributed by atoms with Crippen LogP contribution >= 0.6 is 11.8 Å². The second-order valence-electron chi connectivity index (χ2n) is 4.77. The Bertz CT molecular complexity index is 399. The molecule has 3 nitrogen and oxygen atoms in total. The number of carbonyl (C=O) groups is 1. The monoisotopic (exact) mass is 264 g/mol. The van der Waals surface area contributed by atoms with Crippen molar-refractivity contribution >= 4 is 17.7 Å². The van der Waals surface area contributed by atoms with Gasteiger partial charge in [0.1, 0.15) is 6.04 Å². The van der Waals surface area contributed by atoms with Crippen molar-refractivity contribution in [2.45, 2.75) is 31.1 Å². The summed E-state index contributed by atoms with van der Waals surface area (Å²) in [6.07, 6.45) is 2.46. The van der Waals surface area contributed by atoms with E-state index in [0.717, 1.165) is 12.1 Å². The first-order valence-corrected chi connectivity index (χ1v) is 7.43. The van der Waals surface area contributed by atoms with Crippen LogP contribution in [-0.4, -0.2) is 23.5 Å². The highest BCUT2D eigenvalue weighted by Gasteiger charge is 2.19. The maximum atomic E-state index is 11.9. The Morgan fingerprint density at radius 1 is 1.50 bits per heavy atom. The van der Waals surface area contributed by atoms with Crippen LogP contribution in [0.4, 0.5) is 0 Å². The minimum Gasteiger partial charge on any atom is -0.353 e. The van der Waals surface area contributed by atoms with Gasteiger partial charge in [-0.05, 0) is 31.1 Å². The van der Waals surface area contributed by atoms with Gasteiger partial charge in [-0.1, -0.05) is 29.8 Å². The molecule has 0 radical (unpaired) electrons. The van der Waals surface area contributed by atoms with E-state index in [-0.39, 0.29) is 5.91 Å². The summed E-state index contributed by atoms with van der Waals surface area (Å²) in [7, 11) is 0. The average molecular weight is 264 g/mol. The molecule has 0 aliphatic carbocycles. The van der Waals surface area contributed by atoms with Crippen molar-refractivity contribution in [1.29, 1.82) is 0 Å². The van der Waals surface area contributed by atoms with Gasteiger partial charge in [0.2, 0.25) is 5.91 Å². The summed E-state index contributed by atoms with van der Waals surface area (Å²) in [6, 6.07) is 7.25. The van der Waals surface area contributed by atoms with Crippen LogP contribution in [0.15, 0.2) is 24.3 Å². The van der Waals surface area contributed by atoms with Gasteiger partial charge in [-0.15, -0.1) is 0 Å². The molecule has 3 N–H and O–H groups in total. The van der Waals surface area contributed by atoms with Crippen LogP contribution in [0.1, 0.15) is 30.0 Å². The third kappa shape index (κ3) is 3.50. The Balaban J connectivity index is 1.85. The Morgan fingerprint density at radius 2 is 2.22 bits per heavy atom. The molecule has 1 aromatic carbocycles. The number of benzene rings is 1. The smallest absolute Gasteiger partial charge is 0.241 e. The van der Waals surface area contributed by atoms with Gasteiger partial charge in [-0.25, -0.2) is 0 Å². The Kier molecular flexibility index (Phi) is 4.66. The van der Waals surface area contributed by atoms with E-state index in [9.17, 15) is 4.79 Å². The fraction of sp³-hybridized carbons (Fsp3) is 0.500. The zero-order valence-electron chi connectivity index (χ0n) is 10.7. The van der Waals surface area contributed by atoms with E-state index < -0.39 is 6.04 Å². The first kappa shape index (κ1) is 13.4. The quantitative estimate of drug-likeness (QED) is 0.874. The molecule has 0 bridgehead atoms. The highest BCUT2D eigenvalue weighted by molar-refractivity contribution is 8.00. The lowest BCUT2D eigenvalue weighted by Gasteiger charge is -2.15. The van der Waals surface area contributed by atoms with E-state index in [2.05, 4.69) is 5.32 Å². The number of rotatable bonds is 4. The predicted molar refractivity (Wildman–Crippen MR) is 76.6 cm³/mol. The fourth-order valence-corrected chi connectivity index (χ4v) is 3.26. The van der Waals surface area contributed by atoms with Gasteiger partial charge in [0.25, 0.3) is 0 Å². The van der Waals surface area contributed by atoms with E-state index >= 15 is 0 Å². The number of carbonyl (C=O) groups excluding carboxylic acids is 1. The van der Waals surface area contributed by atoms with Crippen molar-refractivity contribution in [3.05, 3.63) is 35.4 Å². The molecule has 0 spiro atoms. The number of hydrogen-bond acceptors (Lipinski definition) is 3. The van der Waals surface area contributed by atoms with Gasteiger partial charge in [0.05, 0.1) is 0 Å². The number of aryl methyl sites for hydroxylation is 1. The van der Waals surface area contributed by atoms with Gasteiger partial charge >= 0.3 is 0 Å². The molecule has 98 valence electrons. The Morgan fingerprint density at radius 3 is 2.83 bits per heavy atom. The largest absolute Gasteiger partial charge is 0.353 e. The van der Waals surface area contributed by atoms with Crippen LogP contribution in [0.25, 0.3) is 0 Å². The second kappa shape index (κ2) is 6.25. The summed E-state index contributed by atoms with van der Waals surface area (Å²) < 4.78 is 0. The van der Waals surface area contributed by atoms with Crippen LogP contribution in [0.2, 0.25) is 0 Å². The van der Waals surface area contributed by atoms with E-state index in [1.165, 1.54) is 24.2 Å². The van der Waals surface area contributed by atoms with Gasteiger partial charge in [0.15, 0.2) is 0 Å². The SMILES string of the molecule is Cc1ccc(C(N)C(=O)NCC2CCCS2)cc1. The number of hydrogen-bond donors (Lipinski definition) is 2. The molecule has 1 aliphatic heterocycles. The average Bonchev–Trinajstić information content (AvgIpc) is 2.89. The molecular weight excluding hydrogens is 244 g/mol. The first-order valence-electron chi connectivity index (χ1n) is 6.38. The minimum absolute atomic E-state index is 0.0775. The molecule has 1 saturated heterocycles. The van der Waals surface area contributed by atoms with E-state index in [4.69, 9.17) is 5.73 Å². The summed E-state index contributed by atoms with van der Waals surface area (Å²) >= 11 is 1.94. The van der Waals surface area contributed by atoms with Crippen molar-refractivity contribution < 1.29 is 4.79 Å². The lowest BCUT2D eigenvalue weighted by atomic mass is 10.1. The minimum atomic E-state index is -0.558. The van der Waals surface area contributed by atoms with Crippen molar-refractivity contribution in [2.75, 3.05) is 12.3 Å². The van der Waals surface area contributed by atoms with Crippen LogP contribution in [-0.2, 0) is 4.79 Å². The summed E-state index contributed by atoms with van der Waals surface area (Å²) in [4.78, 5) is 11.9. The van der Waals surface area contributed by atoms with Gasteiger partial charge in [0, 0.05) is 11.8 Å². The third-order valence-electron chi connectivity index (χ3n) is 3.25. The normalized spacial score (nSPS) is 20.7. The van der Waals surface area contributed by atoms with Crippen LogP contribution < -0.4 is 11.1 Å². The number of nitrogens with one attached hydrogen (secondary N) is 1. The van der Waals surface area contributed by atoms with Gasteiger partial charge in [-0.3, -0.25) is 4.79 Å². The van der Waals surface area contributed by atoms with Crippen LogP contribution in [0.3, 0.4) is 0 Å². The van der Waals surface area contributed by atoms with Crippen LogP contribution in [0.5, 0.6) is 0 Å². The van der Waals surface area contributed by atoms with E-state index in [0.29, 0.717) is 5.25 Å². The molecular formula is C14H20N2OS. The van der Waals surface area contributed by atoms with Crippen LogP contribution in [0, 0.1) is 6.92 Å². The molecule has 0 aromatic heterocycles. The molecule has 18 heavy (non-hydrogen) atoms. The lowest BCUT2D eigenvalue weighted by molar-refractivity contribution is -0.122. The molecule has 2 atom stereocenters. The van der Waals surface area contributed by atoms with E-state index in [1.807, 2.05) is 43.0 Å². The number of amides is 1. The summed E-state index contributed by atoms with van der Waals surface area (Å²) in [6.45, 7) is 2.76. The molecule has 1 heterocycles. The van der Waals surface area contributed by atoms with Crippen molar-refractivity contribution in [3.63, 3.8) is 0 Å². The summed E-state index contributed by atoms with van der Waals surface area (Å²) in [5.41, 5.74) is 8.00. The molecule has 2 rings (SSSR count). The third-order valence-corrected chi connectivity index (χ3v) is 4.65. The summed E-state index contributed by atoms with van der Waals surface area (Å²) in [5.74, 6) is 1.14. The Hall–Kier alpha value is -1.00. The molecule has 2 unspecified atom stereocenters. The van der Waals surface area contributed by atoms with E-state index in [1.54, 1.807) is 0 Å². The van der Waals surface area contributed by atoms with Crippen molar-refractivity contribution in [2.24, 2.45) is 5.73 Å². The standard InChI is InChI=1S/C14H20N2OS/c1-10-4-6-11(7-5-10)13(15)14(17)16-9-12-3-2-8-18-12/h4-7,12-13H,2-3,8-9,15H2,1H3,(H,16,17). The van der Waals surface area contributed by atoms with Gasteiger partial charge in [-0.2, -0.15) is 11.8 Å². The molecule has 1 aliphatic rings. The Labute approximate surface area is 113 Å². The summed E-state index contributed by atoms with van der Waals surface area (Å²) in [5, 5.41) is 3.52. The molecule has 4 heteroatoms. The number of nitrogens with two attached hydrogens (primary N) is 1. The maximum Gasteiger partial charge on any atom is 0.241 e. The highest BCUT2D eigenvalue weighted by Crippen LogP contribution is 2.25. The lowest BCUT2D eigenvalue weighted by Crippen LogP contribution is -2.37. The van der Waals surface area contributed by atoms with Gasteiger partial charge < -0.3 is 11.1 Å². The second-order valence-corrected chi connectivity index (χ2v) is 6.18. The maximum absolute atomic E-state index is 11.9. The first-order chi connectivity index (χ1) is 8.66. The predicted octanol–water partition coefficient (Wildman–Crippen LogP) is 2.01. The zero-order chi connectivity index (χ0) is 13.0. The van der Waals surface area contributed by atoms with Crippen molar-refractivity contribution in [3.8, 4) is 0 Å². The fourth-order valence-electron chi connectivity index (χ4n) is 2.05. The molecule has 1 amide bonds. The molecule has 1 aromatic rings. The zero-order valence-corrected chi connectivity index (χ0v) is 11.5.